The fraction of sp³-hybridized carbons (Fsp3) is 1.00. The molecule has 0 spiro atoms. The summed E-state index contributed by atoms with van der Waals surface area (Å²) in [7, 11) is -1.43. The molecule has 0 aromatic carbocycles. The van der Waals surface area contributed by atoms with Crippen LogP contribution in [-0.4, -0.2) is 44.2 Å². The summed E-state index contributed by atoms with van der Waals surface area (Å²) in [6.07, 6.45) is 1.73. The SMILES string of the molecule is CCC(CC)N(C)S(=O)(=O)CCNC(C)C. The molecule has 0 radical (unpaired) electrons. The third-order valence-electron chi connectivity index (χ3n) is 2.81. The molecule has 0 rings (SSSR count). The van der Waals surface area contributed by atoms with Gasteiger partial charge in [0.25, 0.3) is 0 Å². The van der Waals surface area contributed by atoms with Gasteiger partial charge in [0.2, 0.25) is 10.0 Å². The van der Waals surface area contributed by atoms with Gasteiger partial charge < -0.3 is 5.32 Å². The van der Waals surface area contributed by atoms with Crippen LogP contribution >= 0.6 is 0 Å². The zero-order valence-electron chi connectivity index (χ0n) is 11.2. The highest BCUT2D eigenvalue weighted by Gasteiger charge is 2.23. The van der Waals surface area contributed by atoms with E-state index in [2.05, 4.69) is 5.32 Å². The average molecular weight is 250 g/mol. The quantitative estimate of drug-likeness (QED) is 0.709. The second-order valence-electron chi connectivity index (χ2n) is 4.41. The molecule has 16 heavy (non-hydrogen) atoms. The Bertz CT molecular complexity index is 272. The number of hydrogen-bond acceptors (Lipinski definition) is 3. The molecule has 0 fully saturated rings. The Kier molecular flexibility index (Phi) is 7.19. The van der Waals surface area contributed by atoms with Crippen molar-refractivity contribution in [3.63, 3.8) is 0 Å². The first kappa shape index (κ1) is 15.9. The topological polar surface area (TPSA) is 49.4 Å². The Labute approximate surface area is 100 Å². The van der Waals surface area contributed by atoms with Crippen molar-refractivity contribution < 1.29 is 8.42 Å². The molecule has 0 aromatic rings. The van der Waals surface area contributed by atoms with Gasteiger partial charge in [-0.15, -0.1) is 0 Å². The number of nitrogens with zero attached hydrogens (tertiary/aromatic N) is 1. The molecule has 5 heteroatoms. The maximum Gasteiger partial charge on any atom is 0.215 e. The van der Waals surface area contributed by atoms with Crippen LogP contribution in [0.4, 0.5) is 0 Å². The van der Waals surface area contributed by atoms with Crippen molar-refractivity contribution in [3.05, 3.63) is 0 Å². The summed E-state index contributed by atoms with van der Waals surface area (Å²) in [5.41, 5.74) is 0. The molecule has 0 atom stereocenters. The molecule has 0 saturated carbocycles. The molecule has 0 heterocycles. The normalized spacial score (nSPS) is 13.0. The van der Waals surface area contributed by atoms with Crippen molar-refractivity contribution in [1.29, 1.82) is 0 Å². The van der Waals surface area contributed by atoms with Crippen molar-refractivity contribution in [2.75, 3.05) is 19.3 Å². The summed E-state index contributed by atoms with van der Waals surface area (Å²) in [5, 5.41) is 3.13. The van der Waals surface area contributed by atoms with E-state index in [1.54, 1.807) is 7.05 Å². The second-order valence-corrected chi connectivity index (χ2v) is 6.56. The lowest BCUT2D eigenvalue weighted by Crippen LogP contribution is -2.40. The highest BCUT2D eigenvalue weighted by molar-refractivity contribution is 7.89. The average Bonchev–Trinajstić information content (AvgIpc) is 2.18. The molecule has 0 saturated heterocycles. The minimum Gasteiger partial charge on any atom is -0.313 e. The first-order valence-electron chi connectivity index (χ1n) is 6.04. The predicted octanol–water partition coefficient (Wildman–Crippen LogP) is 1.43. The maximum absolute atomic E-state index is 12.0. The van der Waals surface area contributed by atoms with Crippen molar-refractivity contribution in [1.82, 2.24) is 9.62 Å². The van der Waals surface area contributed by atoms with Crippen LogP contribution in [0.2, 0.25) is 0 Å². The highest BCUT2D eigenvalue weighted by Crippen LogP contribution is 2.11. The van der Waals surface area contributed by atoms with E-state index in [-0.39, 0.29) is 11.8 Å². The molecule has 0 aliphatic heterocycles. The molecule has 0 aliphatic rings. The zero-order valence-corrected chi connectivity index (χ0v) is 12.0. The number of rotatable bonds is 8. The van der Waals surface area contributed by atoms with E-state index in [0.29, 0.717) is 12.6 Å². The van der Waals surface area contributed by atoms with E-state index in [1.165, 1.54) is 4.31 Å². The van der Waals surface area contributed by atoms with Crippen molar-refractivity contribution >= 4 is 10.0 Å². The Balaban J connectivity index is 4.31. The van der Waals surface area contributed by atoms with E-state index in [0.717, 1.165) is 12.8 Å². The van der Waals surface area contributed by atoms with Gasteiger partial charge in [0.1, 0.15) is 0 Å². The van der Waals surface area contributed by atoms with Gasteiger partial charge >= 0.3 is 0 Å². The molecule has 0 unspecified atom stereocenters. The van der Waals surface area contributed by atoms with Crippen LogP contribution < -0.4 is 5.32 Å². The highest BCUT2D eigenvalue weighted by atomic mass is 32.2. The first-order chi connectivity index (χ1) is 7.35. The van der Waals surface area contributed by atoms with Crippen LogP contribution in [0.3, 0.4) is 0 Å². The summed E-state index contributed by atoms with van der Waals surface area (Å²) < 4.78 is 25.4. The van der Waals surface area contributed by atoms with Crippen LogP contribution in [0, 0.1) is 0 Å². The Morgan fingerprint density at radius 3 is 2.06 bits per heavy atom. The van der Waals surface area contributed by atoms with E-state index in [1.807, 2.05) is 27.7 Å². The molecular formula is C11H26N2O2S. The number of hydrogen-bond donors (Lipinski definition) is 1. The fourth-order valence-electron chi connectivity index (χ4n) is 1.65. The third kappa shape index (κ3) is 5.27. The third-order valence-corrected chi connectivity index (χ3v) is 4.70. The molecule has 0 aliphatic carbocycles. The van der Waals surface area contributed by atoms with E-state index < -0.39 is 10.0 Å². The van der Waals surface area contributed by atoms with Gasteiger partial charge in [-0.3, -0.25) is 0 Å². The largest absolute Gasteiger partial charge is 0.313 e. The number of nitrogens with one attached hydrogen (secondary N) is 1. The molecule has 0 bridgehead atoms. The lowest BCUT2D eigenvalue weighted by Gasteiger charge is -2.25. The molecule has 0 aromatic heterocycles. The lowest BCUT2D eigenvalue weighted by molar-refractivity contribution is 0.349. The smallest absolute Gasteiger partial charge is 0.215 e. The second kappa shape index (κ2) is 7.25. The van der Waals surface area contributed by atoms with Gasteiger partial charge in [-0.1, -0.05) is 27.7 Å². The van der Waals surface area contributed by atoms with Crippen molar-refractivity contribution in [3.8, 4) is 0 Å². The predicted molar refractivity (Wildman–Crippen MR) is 69.1 cm³/mol. The molecular weight excluding hydrogens is 224 g/mol. The van der Waals surface area contributed by atoms with E-state index in [9.17, 15) is 8.42 Å². The Morgan fingerprint density at radius 2 is 1.69 bits per heavy atom. The standard InChI is InChI=1S/C11H26N2O2S/c1-6-11(7-2)13(5)16(14,15)9-8-12-10(3)4/h10-12H,6-9H2,1-5H3. The van der Waals surface area contributed by atoms with Crippen LogP contribution in [0.5, 0.6) is 0 Å². The van der Waals surface area contributed by atoms with E-state index in [4.69, 9.17) is 0 Å². The molecule has 0 amide bonds. The monoisotopic (exact) mass is 250 g/mol. The molecule has 1 N–H and O–H groups in total. The van der Waals surface area contributed by atoms with Gasteiger partial charge in [-0.25, -0.2) is 12.7 Å². The van der Waals surface area contributed by atoms with Gasteiger partial charge in [0.05, 0.1) is 5.75 Å². The van der Waals surface area contributed by atoms with Crippen molar-refractivity contribution in [2.24, 2.45) is 0 Å². The van der Waals surface area contributed by atoms with Crippen LogP contribution in [0.1, 0.15) is 40.5 Å². The first-order valence-corrected chi connectivity index (χ1v) is 7.65. The maximum atomic E-state index is 12.0. The summed E-state index contributed by atoms with van der Waals surface area (Å²) >= 11 is 0. The lowest BCUT2D eigenvalue weighted by atomic mass is 10.2. The van der Waals surface area contributed by atoms with Crippen LogP contribution in [-0.2, 0) is 10.0 Å². The Morgan fingerprint density at radius 1 is 1.19 bits per heavy atom. The van der Waals surface area contributed by atoms with Gasteiger partial charge in [-0.05, 0) is 12.8 Å². The van der Waals surface area contributed by atoms with Gasteiger partial charge in [-0.2, -0.15) is 0 Å². The van der Waals surface area contributed by atoms with Crippen molar-refractivity contribution in [2.45, 2.75) is 52.6 Å². The summed E-state index contributed by atoms with van der Waals surface area (Å²) in [6, 6.07) is 0.456. The number of sulfonamides is 1. The zero-order chi connectivity index (χ0) is 12.8. The van der Waals surface area contributed by atoms with Gasteiger partial charge in [0, 0.05) is 25.7 Å². The van der Waals surface area contributed by atoms with E-state index >= 15 is 0 Å². The summed E-state index contributed by atoms with van der Waals surface area (Å²) in [4.78, 5) is 0. The summed E-state index contributed by atoms with van der Waals surface area (Å²) in [6.45, 7) is 8.58. The summed E-state index contributed by atoms with van der Waals surface area (Å²) in [5.74, 6) is 0.179. The fourth-order valence-corrected chi connectivity index (χ4v) is 3.07. The molecule has 4 nitrogen and oxygen atoms in total. The Hall–Kier alpha value is -0.130. The van der Waals surface area contributed by atoms with Gasteiger partial charge in [0.15, 0.2) is 0 Å². The molecule has 98 valence electrons. The minimum atomic E-state index is -3.11. The minimum absolute atomic E-state index is 0.129. The van der Waals surface area contributed by atoms with Crippen LogP contribution in [0.25, 0.3) is 0 Å². The van der Waals surface area contributed by atoms with Crippen LogP contribution in [0.15, 0.2) is 0 Å².